The SMILES string of the molecule is CC(CN1CCOCC1)NC(=O)c1nn(C(C)(C)C)c2nc(NC(=O)c3ccccc3)sc12. The van der Waals surface area contributed by atoms with Gasteiger partial charge in [0.25, 0.3) is 11.8 Å². The maximum atomic E-state index is 13.2. The summed E-state index contributed by atoms with van der Waals surface area (Å²) < 4.78 is 7.80. The predicted octanol–water partition coefficient (Wildman–Crippen LogP) is 2.95. The highest BCUT2D eigenvalue weighted by molar-refractivity contribution is 7.22. The molecule has 0 bridgehead atoms. The number of anilines is 1. The molecule has 10 heteroatoms. The van der Waals surface area contributed by atoms with Gasteiger partial charge >= 0.3 is 0 Å². The van der Waals surface area contributed by atoms with Crippen molar-refractivity contribution in [2.45, 2.75) is 39.3 Å². The first-order valence-corrected chi connectivity index (χ1v) is 11.9. The van der Waals surface area contributed by atoms with Gasteiger partial charge in [0.2, 0.25) is 0 Å². The molecule has 1 saturated heterocycles. The lowest BCUT2D eigenvalue weighted by Gasteiger charge is -2.29. The van der Waals surface area contributed by atoms with Gasteiger partial charge < -0.3 is 10.1 Å². The van der Waals surface area contributed by atoms with Gasteiger partial charge in [-0.25, -0.2) is 4.68 Å². The van der Waals surface area contributed by atoms with Gasteiger partial charge in [-0.05, 0) is 39.8 Å². The van der Waals surface area contributed by atoms with Gasteiger partial charge in [0, 0.05) is 31.2 Å². The van der Waals surface area contributed by atoms with E-state index in [1.807, 2.05) is 45.9 Å². The Kier molecular flexibility index (Phi) is 6.78. The van der Waals surface area contributed by atoms with E-state index in [1.54, 1.807) is 16.8 Å². The first kappa shape index (κ1) is 23.3. The van der Waals surface area contributed by atoms with Gasteiger partial charge in [-0.3, -0.25) is 19.8 Å². The summed E-state index contributed by atoms with van der Waals surface area (Å²) in [5.41, 5.74) is 1.07. The molecule has 0 radical (unpaired) electrons. The summed E-state index contributed by atoms with van der Waals surface area (Å²) in [5.74, 6) is -0.485. The van der Waals surface area contributed by atoms with Crippen LogP contribution in [0.15, 0.2) is 30.3 Å². The third-order valence-electron chi connectivity index (χ3n) is 5.35. The molecule has 4 rings (SSSR count). The smallest absolute Gasteiger partial charge is 0.273 e. The fourth-order valence-corrected chi connectivity index (χ4v) is 4.66. The second kappa shape index (κ2) is 9.58. The number of nitrogens with one attached hydrogen (secondary N) is 2. The quantitative estimate of drug-likeness (QED) is 0.574. The number of fused-ring (bicyclic) bond motifs is 1. The van der Waals surface area contributed by atoms with Gasteiger partial charge in [0.1, 0.15) is 4.70 Å². The van der Waals surface area contributed by atoms with Crippen molar-refractivity contribution < 1.29 is 14.3 Å². The molecule has 2 aromatic heterocycles. The molecule has 1 atom stereocenters. The van der Waals surface area contributed by atoms with Crippen LogP contribution in [-0.4, -0.2) is 70.4 Å². The molecule has 1 aromatic carbocycles. The number of ether oxygens (including phenoxy) is 1. The number of hydrogen-bond donors (Lipinski definition) is 2. The number of amides is 2. The topological polar surface area (TPSA) is 101 Å². The summed E-state index contributed by atoms with van der Waals surface area (Å²) in [4.78, 5) is 32.6. The molecule has 0 aliphatic carbocycles. The van der Waals surface area contributed by atoms with Crippen LogP contribution in [0.2, 0.25) is 0 Å². The Morgan fingerprint density at radius 1 is 1.15 bits per heavy atom. The van der Waals surface area contributed by atoms with Crippen LogP contribution in [0.5, 0.6) is 0 Å². The summed E-state index contributed by atoms with van der Waals surface area (Å²) in [7, 11) is 0. The third kappa shape index (κ3) is 5.40. The number of thiazole rings is 1. The van der Waals surface area contributed by atoms with E-state index in [-0.39, 0.29) is 23.4 Å². The Morgan fingerprint density at radius 3 is 2.52 bits per heavy atom. The highest BCUT2D eigenvalue weighted by atomic mass is 32.1. The van der Waals surface area contributed by atoms with E-state index in [2.05, 4.69) is 25.6 Å². The molecule has 1 aliphatic rings. The van der Waals surface area contributed by atoms with Crippen LogP contribution in [0.4, 0.5) is 5.13 Å². The molecule has 1 aliphatic heterocycles. The number of hydrogen-bond acceptors (Lipinski definition) is 7. The van der Waals surface area contributed by atoms with Gasteiger partial charge in [-0.1, -0.05) is 29.5 Å². The van der Waals surface area contributed by atoms with E-state index in [0.29, 0.717) is 26.7 Å². The van der Waals surface area contributed by atoms with Crippen LogP contribution in [0.1, 0.15) is 48.5 Å². The number of morpholine rings is 1. The van der Waals surface area contributed by atoms with E-state index in [0.717, 1.165) is 32.8 Å². The monoisotopic (exact) mass is 470 g/mol. The molecule has 2 amide bonds. The molecule has 1 fully saturated rings. The Balaban J connectivity index is 1.56. The third-order valence-corrected chi connectivity index (χ3v) is 6.31. The van der Waals surface area contributed by atoms with Crippen LogP contribution in [0, 0.1) is 0 Å². The van der Waals surface area contributed by atoms with Crippen molar-refractivity contribution in [1.82, 2.24) is 25.0 Å². The van der Waals surface area contributed by atoms with E-state index >= 15 is 0 Å². The average Bonchev–Trinajstić information content (AvgIpc) is 3.33. The van der Waals surface area contributed by atoms with Crippen molar-refractivity contribution in [3.8, 4) is 0 Å². The largest absolute Gasteiger partial charge is 0.379 e. The fourth-order valence-electron chi connectivity index (χ4n) is 3.74. The zero-order chi connectivity index (χ0) is 23.6. The summed E-state index contributed by atoms with van der Waals surface area (Å²) in [6.45, 7) is 11.9. The number of rotatable bonds is 6. The zero-order valence-corrected chi connectivity index (χ0v) is 20.2. The minimum Gasteiger partial charge on any atom is -0.379 e. The van der Waals surface area contributed by atoms with E-state index in [9.17, 15) is 9.59 Å². The van der Waals surface area contributed by atoms with Gasteiger partial charge in [0.05, 0.1) is 18.8 Å². The predicted molar refractivity (Wildman–Crippen MR) is 129 cm³/mol. The highest BCUT2D eigenvalue weighted by Gasteiger charge is 2.28. The lowest BCUT2D eigenvalue weighted by molar-refractivity contribution is 0.0342. The van der Waals surface area contributed by atoms with Crippen LogP contribution in [0.3, 0.4) is 0 Å². The summed E-state index contributed by atoms with van der Waals surface area (Å²) in [6, 6.07) is 8.92. The molecular formula is C23H30N6O3S. The van der Waals surface area contributed by atoms with Crippen molar-refractivity contribution in [1.29, 1.82) is 0 Å². The number of aromatic nitrogens is 3. The number of carbonyl (C=O) groups is 2. The van der Waals surface area contributed by atoms with E-state index in [1.165, 1.54) is 11.3 Å². The average molecular weight is 471 g/mol. The Morgan fingerprint density at radius 2 is 1.85 bits per heavy atom. The molecular weight excluding hydrogens is 440 g/mol. The minimum atomic E-state index is -0.384. The lowest BCUT2D eigenvalue weighted by atomic mass is 10.1. The lowest BCUT2D eigenvalue weighted by Crippen LogP contribution is -2.46. The molecule has 0 saturated carbocycles. The molecule has 3 heterocycles. The zero-order valence-electron chi connectivity index (χ0n) is 19.4. The molecule has 3 aromatic rings. The van der Waals surface area contributed by atoms with E-state index < -0.39 is 0 Å². The summed E-state index contributed by atoms with van der Waals surface area (Å²) >= 11 is 1.26. The van der Waals surface area contributed by atoms with Crippen molar-refractivity contribution in [3.05, 3.63) is 41.6 Å². The fraction of sp³-hybridized carbons (Fsp3) is 0.478. The standard InChI is InChI=1S/C23H30N6O3S/c1-15(14-28-10-12-32-13-11-28)24-21(31)17-18-19(29(27-17)23(2,3)4)25-22(33-18)26-20(30)16-8-6-5-7-9-16/h5-9,15H,10-14H2,1-4H3,(H,24,31)(H,25,26,30). The van der Waals surface area contributed by atoms with E-state index in [4.69, 9.17) is 4.74 Å². The minimum absolute atomic E-state index is 0.0457. The highest BCUT2D eigenvalue weighted by Crippen LogP contribution is 2.32. The summed E-state index contributed by atoms with van der Waals surface area (Å²) in [6.07, 6.45) is 0. The Hall–Kier alpha value is -2.82. The van der Waals surface area contributed by atoms with Crippen molar-refractivity contribution in [2.24, 2.45) is 0 Å². The Labute approximate surface area is 197 Å². The second-order valence-electron chi connectivity index (χ2n) is 9.21. The maximum Gasteiger partial charge on any atom is 0.273 e. The van der Waals surface area contributed by atoms with Crippen LogP contribution in [-0.2, 0) is 10.3 Å². The number of nitrogens with zero attached hydrogens (tertiary/aromatic N) is 4. The van der Waals surface area contributed by atoms with Crippen LogP contribution < -0.4 is 10.6 Å². The van der Waals surface area contributed by atoms with Crippen molar-refractivity contribution >= 4 is 38.6 Å². The van der Waals surface area contributed by atoms with Gasteiger partial charge in [-0.15, -0.1) is 0 Å². The number of benzene rings is 1. The molecule has 176 valence electrons. The maximum absolute atomic E-state index is 13.2. The molecule has 0 spiro atoms. The second-order valence-corrected chi connectivity index (χ2v) is 10.2. The van der Waals surface area contributed by atoms with Gasteiger partial charge in [-0.2, -0.15) is 10.1 Å². The first-order chi connectivity index (χ1) is 15.7. The van der Waals surface area contributed by atoms with Crippen molar-refractivity contribution in [3.63, 3.8) is 0 Å². The van der Waals surface area contributed by atoms with Crippen LogP contribution in [0.25, 0.3) is 10.3 Å². The molecule has 9 nitrogen and oxygen atoms in total. The summed E-state index contributed by atoms with van der Waals surface area (Å²) in [5, 5.41) is 11.0. The normalized spacial score (nSPS) is 16.0. The molecule has 1 unspecified atom stereocenters. The van der Waals surface area contributed by atoms with Gasteiger partial charge in [0.15, 0.2) is 16.5 Å². The molecule has 2 N–H and O–H groups in total. The Bertz CT molecular complexity index is 1130. The van der Waals surface area contributed by atoms with Crippen molar-refractivity contribution in [2.75, 3.05) is 38.2 Å². The van der Waals surface area contributed by atoms with Crippen LogP contribution >= 0.6 is 11.3 Å². The first-order valence-electron chi connectivity index (χ1n) is 11.1. The number of carbonyl (C=O) groups excluding carboxylic acids is 2. The molecule has 33 heavy (non-hydrogen) atoms.